The number of hydrogen-bond donors (Lipinski definition) is 4. The summed E-state index contributed by atoms with van der Waals surface area (Å²) in [6.07, 6.45) is 1.54. The summed E-state index contributed by atoms with van der Waals surface area (Å²) >= 11 is 7.23. The molecular formula is C18H26ClIN4O3S. The summed E-state index contributed by atoms with van der Waals surface area (Å²) in [6.45, 7) is 5.89. The second-order valence-corrected chi connectivity index (χ2v) is 7.59. The van der Waals surface area contributed by atoms with E-state index in [2.05, 4.69) is 20.9 Å². The monoisotopic (exact) mass is 540 g/mol. The van der Waals surface area contributed by atoms with E-state index in [0.717, 1.165) is 16.9 Å². The molecule has 2 heterocycles. The number of thiophene rings is 1. The van der Waals surface area contributed by atoms with Crippen LogP contribution in [0.2, 0.25) is 4.34 Å². The fourth-order valence-electron chi connectivity index (χ4n) is 2.30. The average molecular weight is 541 g/mol. The summed E-state index contributed by atoms with van der Waals surface area (Å²) in [5.74, 6) is 0.753. The lowest BCUT2D eigenvalue weighted by molar-refractivity contribution is 0.0925. The molecule has 0 aliphatic heterocycles. The van der Waals surface area contributed by atoms with Gasteiger partial charge in [0.25, 0.3) is 5.91 Å². The number of halogens is 2. The van der Waals surface area contributed by atoms with Crippen LogP contribution in [0.5, 0.6) is 0 Å². The summed E-state index contributed by atoms with van der Waals surface area (Å²) in [7, 11) is 0. The van der Waals surface area contributed by atoms with Gasteiger partial charge in [-0.2, -0.15) is 0 Å². The van der Waals surface area contributed by atoms with Gasteiger partial charge in [0.15, 0.2) is 11.7 Å². The molecule has 0 saturated carbocycles. The van der Waals surface area contributed by atoms with Gasteiger partial charge in [-0.1, -0.05) is 11.6 Å². The number of aliphatic imine (C=N–C) groups is 1. The van der Waals surface area contributed by atoms with Crippen molar-refractivity contribution in [3.63, 3.8) is 0 Å². The number of hydrogen-bond acceptors (Lipinski definition) is 5. The van der Waals surface area contributed by atoms with Crippen molar-refractivity contribution in [1.82, 2.24) is 16.0 Å². The number of amides is 1. The first-order chi connectivity index (χ1) is 13.0. The van der Waals surface area contributed by atoms with Crippen LogP contribution in [0.15, 0.2) is 33.9 Å². The van der Waals surface area contributed by atoms with Crippen LogP contribution in [0, 0.1) is 6.92 Å². The minimum absolute atomic E-state index is 0. The van der Waals surface area contributed by atoms with Gasteiger partial charge in [0.05, 0.1) is 17.1 Å². The number of nitrogens with zero attached hydrogens (tertiary/aromatic N) is 1. The number of carbonyl (C=O) groups excluding carboxylic acids is 1. The van der Waals surface area contributed by atoms with Crippen molar-refractivity contribution in [2.45, 2.75) is 26.4 Å². The maximum Gasteiger partial charge on any atom is 0.287 e. The SMILES string of the molecule is CCNC(=NCC(O)c1ccc(Cl)s1)NCCCNC(=O)c1occc1C.I. The summed E-state index contributed by atoms with van der Waals surface area (Å²) < 4.78 is 5.80. The van der Waals surface area contributed by atoms with Gasteiger partial charge in [0.2, 0.25) is 0 Å². The molecule has 0 fully saturated rings. The lowest BCUT2D eigenvalue weighted by Crippen LogP contribution is -2.39. The largest absolute Gasteiger partial charge is 0.459 e. The van der Waals surface area contributed by atoms with E-state index in [1.807, 2.05) is 13.8 Å². The van der Waals surface area contributed by atoms with Crippen LogP contribution in [-0.4, -0.2) is 43.2 Å². The number of nitrogens with one attached hydrogen (secondary N) is 3. The molecule has 2 aromatic rings. The van der Waals surface area contributed by atoms with Crippen LogP contribution < -0.4 is 16.0 Å². The standard InChI is InChI=1S/C18H25ClN4O3S.HI/c1-3-20-18(23-11-13(24)14-5-6-15(19)27-14)22-9-4-8-21-17(25)16-12(2)7-10-26-16;/h5-7,10,13,24H,3-4,8-9,11H2,1-2H3,(H,21,25)(H2,20,22,23);1H. The Balaban J connectivity index is 0.00000392. The van der Waals surface area contributed by atoms with E-state index in [4.69, 9.17) is 16.0 Å². The maximum atomic E-state index is 11.9. The Kier molecular flexibility index (Phi) is 11.5. The molecule has 2 rings (SSSR count). The molecule has 4 N–H and O–H groups in total. The molecule has 0 radical (unpaired) electrons. The Hall–Kier alpha value is -1.30. The Labute approximate surface area is 191 Å². The van der Waals surface area contributed by atoms with E-state index < -0.39 is 6.10 Å². The molecule has 1 unspecified atom stereocenters. The number of aliphatic hydroxyl groups is 1. The first-order valence-corrected chi connectivity index (χ1v) is 9.98. The van der Waals surface area contributed by atoms with Crippen LogP contribution in [0.1, 0.15) is 40.4 Å². The zero-order valence-electron chi connectivity index (χ0n) is 15.8. The van der Waals surface area contributed by atoms with Crippen molar-refractivity contribution in [2.75, 3.05) is 26.2 Å². The van der Waals surface area contributed by atoms with Crippen molar-refractivity contribution in [3.8, 4) is 0 Å². The van der Waals surface area contributed by atoms with Crippen LogP contribution in [0.4, 0.5) is 0 Å². The number of aliphatic hydroxyl groups excluding tert-OH is 1. The van der Waals surface area contributed by atoms with Gasteiger partial charge in [-0.25, -0.2) is 0 Å². The van der Waals surface area contributed by atoms with E-state index in [-0.39, 0.29) is 36.4 Å². The predicted molar refractivity (Wildman–Crippen MR) is 124 cm³/mol. The molecule has 7 nitrogen and oxygen atoms in total. The Bertz CT molecular complexity index is 766. The normalized spacial score (nSPS) is 12.2. The van der Waals surface area contributed by atoms with E-state index in [9.17, 15) is 9.90 Å². The lowest BCUT2D eigenvalue weighted by atomic mass is 10.2. The first kappa shape index (κ1) is 24.7. The highest BCUT2D eigenvalue weighted by atomic mass is 127. The molecule has 2 aromatic heterocycles. The summed E-state index contributed by atoms with van der Waals surface area (Å²) in [6, 6.07) is 5.32. The summed E-state index contributed by atoms with van der Waals surface area (Å²) in [5, 5.41) is 19.3. The van der Waals surface area contributed by atoms with Gasteiger partial charge in [-0.3, -0.25) is 9.79 Å². The highest BCUT2D eigenvalue weighted by Gasteiger charge is 2.12. The van der Waals surface area contributed by atoms with Gasteiger partial charge in [0.1, 0.15) is 6.10 Å². The van der Waals surface area contributed by atoms with E-state index in [0.29, 0.717) is 35.7 Å². The topological polar surface area (TPSA) is 98.9 Å². The third-order valence-electron chi connectivity index (χ3n) is 3.69. The van der Waals surface area contributed by atoms with Crippen molar-refractivity contribution in [3.05, 3.63) is 45.0 Å². The summed E-state index contributed by atoms with van der Waals surface area (Å²) in [4.78, 5) is 17.1. The number of aryl methyl sites for hydroxylation is 1. The highest BCUT2D eigenvalue weighted by molar-refractivity contribution is 14.0. The van der Waals surface area contributed by atoms with E-state index in [1.54, 1.807) is 18.2 Å². The fraction of sp³-hybridized carbons (Fsp3) is 0.444. The van der Waals surface area contributed by atoms with Gasteiger partial charge >= 0.3 is 0 Å². The first-order valence-electron chi connectivity index (χ1n) is 8.79. The lowest BCUT2D eigenvalue weighted by Gasteiger charge is -2.12. The molecule has 0 spiro atoms. The molecule has 0 bridgehead atoms. The minimum Gasteiger partial charge on any atom is -0.459 e. The van der Waals surface area contributed by atoms with Crippen molar-refractivity contribution < 1.29 is 14.3 Å². The molecule has 10 heteroatoms. The Morgan fingerprint density at radius 3 is 2.64 bits per heavy atom. The smallest absolute Gasteiger partial charge is 0.287 e. The molecule has 156 valence electrons. The van der Waals surface area contributed by atoms with Crippen molar-refractivity contribution in [2.24, 2.45) is 4.99 Å². The Morgan fingerprint density at radius 2 is 2.04 bits per heavy atom. The second-order valence-electron chi connectivity index (χ2n) is 5.85. The molecule has 1 atom stereocenters. The molecule has 0 saturated heterocycles. The van der Waals surface area contributed by atoms with Crippen LogP contribution in [-0.2, 0) is 0 Å². The molecule has 0 aliphatic rings. The van der Waals surface area contributed by atoms with Crippen LogP contribution >= 0.6 is 46.9 Å². The number of carbonyl (C=O) groups is 1. The molecule has 1 amide bonds. The quantitative estimate of drug-likeness (QED) is 0.169. The van der Waals surface area contributed by atoms with Gasteiger partial charge in [-0.05, 0) is 38.5 Å². The molecule has 0 aromatic carbocycles. The number of rotatable bonds is 9. The van der Waals surface area contributed by atoms with Gasteiger partial charge < -0.3 is 25.5 Å². The molecule has 28 heavy (non-hydrogen) atoms. The zero-order valence-corrected chi connectivity index (χ0v) is 19.7. The Morgan fingerprint density at radius 1 is 1.29 bits per heavy atom. The van der Waals surface area contributed by atoms with Gasteiger partial charge in [0, 0.05) is 30.1 Å². The second kappa shape index (κ2) is 13.0. The number of guanidine groups is 1. The van der Waals surface area contributed by atoms with E-state index >= 15 is 0 Å². The zero-order chi connectivity index (χ0) is 19.6. The third kappa shape index (κ3) is 7.98. The summed E-state index contributed by atoms with van der Waals surface area (Å²) in [5.41, 5.74) is 0.817. The van der Waals surface area contributed by atoms with E-state index in [1.165, 1.54) is 17.6 Å². The van der Waals surface area contributed by atoms with Crippen LogP contribution in [0.25, 0.3) is 0 Å². The maximum absolute atomic E-state index is 11.9. The molecule has 0 aliphatic carbocycles. The van der Waals surface area contributed by atoms with Crippen molar-refractivity contribution in [1.29, 1.82) is 0 Å². The van der Waals surface area contributed by atoms with Crippen LogP contribution in [0.3, 0.4) is 0 Å². The molecular weight excluding hydrogens is 515 g/mol. The predicted octanol–water partition coefficient (Wildman–Crippen LogP) is 3.33. The third-order valence-corrected chi connectivity index (χ3v) is 5.02. The fourth-order valence-corrected chi connectivity index (χ4v) is 3.34. The minimum atomic E-state index is -0.686. The van der Waals surface area contributed by atoms with Crippen molar-refractivity contribution >= 4 is 58.8 Å². The highest BCUT2D eigenvalue weighted by Crippen LogP contribution is 2.26. The average Bonchev–Trinajstić information content (AvgIpc) is 3.27. The number of furan rings is 1. The van der Waals surface area contributed by atoms with Gasteiger partial charge in [-0.15, -0.1) is 35.3 Å².